The van der Waals surface area contributed by atoms with Crippen molar-refractivity contribution >= 4 is 101 Å². The first-order valence-corrected chi connectivity index (χ1v) is 9.59. The first-order chi connectivity index (χ1) is 7.82. The van der Waals surface area contributed by atoms with Gasteiger partial charge in [-0.1, -0.05) is 63.7 Å². The van der Waals surface area contributed by atoms with Gasteiger partial charge in [0.2, 0.25) is 0 Å². The van der Waals surface area contributed by atoms with E-state index in [9.17, 15) is 0 Å². The van der Waals surface area contributed by atoms with Gasteiger partial charge in [0, 0.05) is 0 Å². The monoisotopic (exact) mass is 635 g/mol. The van der Waals surface area contributed by atoms with Gasteiger partial charge in [-0.2, -0.15) is 10.2 Å². The van der Waals surface area contributed by atoms with Gasteiger partial charge in [0.15, 0.2) is 3.36 Å². The van der Waals surface area contributed by atoms with Crippen molar-refractivity contribution in [2.75, 3.05) is 0 Å². The van der Waals surface area contributed by atoms with Crippen molar-refractivity contribution in [1.29, 1.82) is 0 Å². The lowest BCUT2D eigenvalue weighted by Gasteiger charge is -2.38. The van der Waals surface area contributed by atoms with Crippen molar-refractivity contribution < 1.29 is 0 Å². The molecule has 1 heterocycles. The molecule has 0 amide bonds. The molecule has 0 bridgehead atoms. The van der Waals surface area contributed by atoms with E-state index in [0.717, 1.165) is 11.4 Å². The first-order valence-electron chi connectivity index (χ1n) is 4.83. The molecule has 0 fully saturated rings. The summed E-state index contributed by atoms with van der Waals surface area (Å²) in [6.07, 6.45) is 1.97. The van der Waals surface area contributed by atoms with Crippen molar-refractivity contribution in [2.24, 2.45) is 5.10 Å². The molecule has 0 radical (unpaired) electrons. The molecule has 1 N–H and O–H groups in total. The van der Waals surface area contributed by atoms with E-state index in [2.05, 4.69) is 106 Å². The summed E-state index contributed by atoms with van der Waals surface area (Å²) in [5, 5.41) is 6.22. The van der Waals surface area contributed by atoms with Gasteiger partial charge in [-0.15, -0.1) is 0 Å². The van der Waals surface area contributed by atoms with Gasteiger partial charge >= 0.3 is 0 Å². The maximum absolute atomic E-state index is 4.52. The zero-order chi connectivity index (χ0) is 14.4. The van der Waals surface area contributed by atoms with Crippen LogP contribution < -0.4 is 5.43 Å². The number of alkyl halides is 6. The van der Waals surface area contributed by atoms with Crippen molar-refractivity contribution in [2.45, 2.75) is 30.6 Å². The summed E-state index contributed by atoms with van der Waals surface area (Å²) in [5.74, 6) is 0. The van der Waals surface area contributed by atoms with Crippen LogP contribution in [0, 0.1) is 0 Å². The highest BCUT2D eigenvalue weighted by atomic mass is 79.9. The van der Waals surface area contributed by atoms with E-state index in [1.165, 1.54) is 0 Å². The van der Waals surface area contributed by atoms with E-state index in [0.29, 0.717) is 0 Å². The van der Waals surface area contributed by atoms with Crippen LogP contribution in [-0.4, -0.2) is 20.7 Å². The lowest BCUT2D eigenvalue weighted by atomic mass is 10.2. The fourth-order valence-corrected chi connectivity index (χ4v) is 2.20. The molecule has 0 aromatic carbocycles. The summed E-state index contributed by atoms with van der Waals surface area (Å²) in [6.45, 7) is 5.90. The molecular weight excluding hydrogens is 630 g/mol. The molecule has 0 atom stereocenters. The van der Waals surface area contributed by atoms with Crippen LogP contribution in [0.25, 0.3) is 0 Å². The molecule has 18 heavy (non-hydrogen) atoms. The number of nitrogens with zero attached hydrogens (tertiary/aromatic N) is 2. The number of hydrazine groups is 1. The Morgan fingerprint density at radius 3 is 1.83 bits per heavy atom. The molecule has 0 unspecified atom stereocenters. The number of rotatable bonds is 3. The fourth-order valence-electron chi connectivity index (χ4n) is 1.07. The molecule has 1 aliphatic rings. The SMILES string of the molecule is CC(Br)(Br)C1=CC(C(C)(Br)Br)=NN(C(C)(Br)Br)N1. The van der Waals surface area contributed by atoms with Crippen molar-refractivity contribution in [3.63, 3.8) is 0 Å². The van der Waals surface area contributed by atoms with Crippen LogP contribution in [0.15, 0.2) is 16.9 Å². The van der Waals surface area contributed by atoms with E-state index >= 15 is 0 Å². The minimum atomic E-state index is -0.499. The molecule has 0 aliphatic carbocycles. The third-order valence-corrected chi connectivity index (χ3v) is 4.35. The Bertz CT molecular complexity index is 385. The van der Waals surface area contributed by atoms with E-state index in [1.54, 1.807) is 5.12 Å². The minimum absolute atomic E-state index is 0.365. The highest BCUT2D eigenvalue weighted by Gasteiger charge is 2.36. The molecule has 0 aromatic rings. The summed E-state index contributed by atoms with van der Waals surface area (Å²) in [4.78, 5) is 0. The van der Waals surface area contributed by atoms with Crippen LogP contribution >= 0.6 is 95.6 Å². The molecular formula is C9H11Br6N3. The van der Waals surface area contributed by atoms with Crippen LogP contribution in [0.5, 0.6) is 0 Å². The van der Waals surface area contributed by atoms with Crippen molar-refractivity contribution in [1.82, 2.24) is 10.5 Å². The van der Waals surface area contributed by atoms with Crippen LogP contribution in [0.1, 0.15) is 20.8 Å². The number of halogens is 6. The molecule has 0 aromatic heterocycles. The molecule has 104 valence electrons. The standard InChI is InChI=1S/C9H11Br6N3/c1-7(10,11)5-4-6(8(2,12)13)17-18(16-5)9(3,14)15/h4,16H,1-3H3. The van der Waals surface area contributed by atoms with Gasteiger partial charge in [-0.3, -0.25) is 5.43 Å². The third kappa shape index (κ3) is 5.02. The lowest BCUT2D eigenvalue weighted by molar-refractivity contribution is 0.196. The largest absolute Gasteiger partial charge is 0.282 e. The van der Waals surface area contributed by atoms with E-state index in [4.69, 9.17) is 0 Å². The number of nitrogens with one attached hydrogen (secondary N) is 1. The highest BCUT2D eigenvalue weighted by molar-refractivity contribution is 9.26. The first kappa shape index (κ1) is 17.9. The maximum Gasteiger partial charge on any atom is 0.185 e. The Kier molecular flexibility index (Phi) is 5.93. The average molecular weight is 641 g/mol. The summed E-state index contributed by atoms with van der Waals surface area (Å²) in [7, 11) is 0. The van der Waals surface area contributed by atoms with Gasteiger partial charge in [-0.05, 0) is 58.7 Å². The Morgan fingerprint density at radius 2 is 1.50 bits per heavy atom. The third-order valence-electron chi connectivity index (χ3n) is 2.01. The average Bonchev–Trinajstić information content (AvgIpc) is 2.13. The topological polar surface area (TPSA) is 27.6 Å². The van der Waals surface area contributed by atoms with Gasteiger partial charge in [-0.25, -0.2) is 0 Å². The van der Waals surface area contributed by atoms with Crippen LogP contribution in [0.2, 0.25) is 0 Å². The second-order valence-electron chi connectivity index (χ2n) is 4.09. The van der Waals surface area contributed by atoms with E-state index < -0.39 is 6.59 Å². The summed E-state index contributed by atoms with van der Waals surface area (Å²) in [6, 6.07) is 0. The van der Waals surface area contributed by atoms with Gasteiger partial charge in [0.1, 0.15) is 6.47 Å². The zero-order valence-electron chi connectivity index (χ0n) is 9.74. The Hall–Kier alpha value is 1.89. The predicted molar refractivity (Wildman–Crippen MR) is 99.3 cm³/mol. The molecule has 0 saturated carbocycles. The number of hydrogen-bond acceptors (Lipinski definition) is 3. The molecule has 3 nitrogen and oxygen atoms in total. The van der Waals surface area contributed by atoms with Crippen LogP contribution in [0.3, 0.4) is 0 Å². The predicted octanol–water partition coefficient (Wildman–Crippen LogP) is 5.52. The molecule has 1 rings (SSSR count). The van der Waals surface area contributed by atoms with E-state index in [1.807, 2.05) is 26.8 Å². The quantitative estimate of drug-likeness (QED) is 0.325. The van der Waals surface area contributed by atoms with Gasteiger partial charge in [0.25, 0.3) is 0 Å². The Morgan fingerprint density at radius 1 is 1.00 bits per heavy atom. The maximum atomic E-state index is 4.52. The second kappa shape index (κ2) is 5.94. The van der Waals surface area contributed by atoms with Crippen molar-refractivity contribution in [3.05, 3.63) is 11.8 Å². The molecule has 9 heteroatoms. The second-order valence-corrected chi connectivity index (χ2v) is 16.7. The lowest BCUT2D eigenvalue weighted by Crippen LogP contribution is -2.49. The normalized spacial score (nSPS) is 18.2. The number of hydrazone groups is 1. The molecule has 0 saturated heterocycles. The van der Waals surface area contributed by atoms with Gasteiger partial charge in [0.05, 0.1) is 11.4 Å². The smallest absolute Gasteiger partial charge is 0.185 e. The fraction of sp³-hybridized carbons (Fsp3) is 0.667. The number of allylic oxidation sites excluding steroid dienone is 2. The minimum Gasteiger partial charge on any atom is -0.282 e. The highest BCUT2D eigenvalue weighted by Crippen LogP contribution is 2.39. The van der Waals surface area contributed by atoms with Crippen LogP contribution in [-0.2, 0) is 0 Å². The molecule has 0 spiro atoms. The van der Waals surface area contributed by atoms with Crippen molar-refractivity contribution in [3.8, 4) is 0 Å². The summed E-state index contributed by atoms with van der Waals surface area (Å²) >= 11 is 21.3. The summed E-state index contributed by atoms with van der Waals surface area (Å²) in [5.41, 5.74) is 4.99. The summed E-state index contributed by atoms with van der Waals surface area (Å²) < 4.78 is -1.26. The van der Waals surface area contributed by atoms with Gasteiger partial charge < -0.3 is 0 Å². The van der Waals surface area contributed by atoms with Crippen LogP contribution in [0.4, 0.5) is 0 Å². The number of hydrogen-bond donors (Lipinski definition) is 1. The van der Waals surface area contributed by atoms with E-state index in [-0.39, 0.29) is 3.23 Å². The Balaban J connectivity index is 3.21. The Labute approximate surface area is 157 Å². The molecule has 1 aliphatic heterocycles. The zero-order valence-corrected chi connectivity index (χ0v) is 19.3.